The van der Waals surface area contributed by atoms with Crippen LogP contribution in [0.1, 0.15) is 12.8 Å². The van der Waals surface area contributed by atoms with Crippen LogP contribution in [0.15, 0.2) is 0 Å². The molecule has 0 aromatic rings. The predicted octanol–water partition coefficient (Wildman–Crippen LogP) is -1.71. The average molecular weight is 285 g/mol. The van der Waals surface area contributed by atoms with Crippen molar-refractivity contribution in [1.82, 2.24) is 15.5 Å². The van der Waals surface area contributed by atoms with Crippen molar-refractivity contribution in [2.45, 2.75) is 25.0 Å². The van der Waals surface area contributed by atoms with Crippen molar-refractivity contribution >= 4 is 23.8 Å². The van der Waals surface area contributed by atoms with E-state index in [1.54, 1.807) is 0 Å². The van der Waals surface area contributed by atoms with Gasteiger partial charge in [-0.25, -0.2) is 9.59 Å². The number of carbonyl (C=O) groups is 4. The van der Waals surface area contributed by atoms with Gasteiger partial charge in [0.05, 0.1) is 12.6 Å². The second-order valence-corrected chi connectivity index (χ2v) is 4.60. The zero-order valence-corrected chi connectivity index (χ0v) is 10.6. The Bertz CT molecular complexity index is 435. The van der Waals surface area contributed by atoms with Crippen LogP contribution in [0, 0.1) is 0 Å². The summed E-state index contributed by atoms with van der Waals surface area (Å²) in [5, 5.41) is 13.6. The normalized spacial score (nSPS) is 25.7. The summed E-state index contributed by atoms with van der Waals surface area (Å²) in [5.74, 6) is -1.95. The Morgan fingerprint density at radius 3 is 2.70 bits per heavy atom. The lowest BCUT2D eigenvalue weighted by atomic mass is 10.2. The fourth-order valence-corrected chi connectivity index (χ4v) is 2.08. The van der Waals surface area contributed by atoms with E-state index in [1.807, 2.05) is 0 Å². The first-order valence-electron chi connectivity index (χ1n) is 6.20. The molecule has 20 heavy (non-hydrogen) atoms. The van der Waals surface area contributed by atoms with E-state index in [0.717, 1.165) is 4.90 Å². The van der Waals surface area contributed by atoms with E-state index in [1.165, 1.54) is 0 Å². The van der Waals surface area contributed by atoms with Gasteiger partial charge in [0.2, 0.25) is 5.91 Å². The minimum atomic E-state index is -1.02. The van der Waals surface area contributed by atoms with E-state index < -0.39 is 29.9 Å². The molecule has 2 unspecified atom stereocenters. The number of imide groups is 1. The summed E-state index contributed by atoms with van der Waals surface area (Å²) in [6.45, 7) is -0.288. The fraction of sp³-hybridized carbons (Fsp3) is 0.636. The largest absolute Gasteiger partial charge is 0.479 e. The molecule has 2 rings (SSSR count). The minimum absolute atomic E-state index is 0.0991. The number of nitrogens with zero attached hydrogens (tertiary/aromatic N) is 1. The van der Waals surface area contributed by atoms with E-state index in [9.17, 15) is 19.2 Å². The van der Waals surface area contributed by atoms with Gasteiger partial charge in [0.1, 0.15) is 6.54 Å². The molecule has 0 saturated carbocycles. The maximum absolute atomic E-state index is 11.6. The standard InChI is InChI=1S/C11H15N3O6/c15-8(5-14-9(16)4-13-11(14)19)12-3-6-1-2-7(20-6)10(17)18/h6-7H,1-5H2,(H,12,15)(H,13,19)(H,17,18). The monoisotopic (exact) mass is 285 g/mol. The maximum atomic E-state index is 11.6. The Hall–Kier alpha value is -2.16. The average Bonchev–Trinajstić information content (AvgIpc) is 2.98. The highest BCUT2D eigenvalue weighted by Crippen LogP contribution is 2.19. The van der Waals surface area contributed by atoms with Gasteiger partial charge in [0, 0.05) is 6.54 Å². The first-order chi connectivity index (χ1) is 9.47. The SMILES string of the molecule is O=C(CN1C(=O)CNC1=O)NCC1CCC(C(=O)O)O1. The van der Waals surface area contributed by atoms with Gasteiger partial charge >= 0.3 is 12.0 Å². The number of urea groups is 1. The summed E-state index contributed by atoms with van der Waals surface area (Å²) in [4.78, 5) is 45.6. The molecule has 0 spiro atoms. The highest BCUT2D eigenvalue weighted by molar-refractivity contribution is 6.04. The van der Waals surface area contributed by atoms with Crippen LogP contribution in [0.3, 0.4) is 0 Å². The summed E-state index contributed by atoms with van der Waals surface area (Å²) < 4.78 is 5.21. The van der Waals surface area contributed by atoms with Crippen molar-refractivity contribution in [2.24, 2.45) is 0 Å². The number of carboxylic acid groups (broad SMARTS) is 1. The molecule has 2 heterocycles. The van der Waals surface area contributed by atoms with Crippen LogP contribution in [0.5, 0.6) is 0 Å². The Labute approximate surface area is 114 Å². The van der Waals surface area contributed by atoms with E-state index in [0.29, 0.717) is 12.8 Å². The van der Waals surface area contributed by atoms with Gasteiger partial charge in [-0.15, -0.1) is 0 Å². The number of rotatable bonds is 5. The van der Waals surface area contributed by atoms with Gasteiger partial charge in [-0.05, 0) is 12.8 Å². The summed E-state index contributed by atoms with van der Waals surface area (Å²) in [6.07, 6.45) is -0.241. The van der Waals surface area contributed by atoms with Gasteiger partial charge in [0.15, 0.2) is 6.10 Å². The van der Waals surface area contributed by atoms with Gasteiger partial charge in [0.25, 0.3) is 5.91 Å². The lowest BCUT2D eigenvalue weighted by Gasteiger charge is -2.15. The van der Waals surface area contributed by atoms with Crippen LogP contribution in [-0.4, -0.2) is 65.7 Å². The minimum Gasteiger partial charge on any atom is -0.479 e. The third-order valence-electron chi connectivity index (χ3n) is 3.15. The van der Waals surface area contributed by atoms with Gasteiger partial charge in [-0.1, -0.05) is 0 Å². The second kappa shape index (κ2) is 5.87. The lowest BCUT2D eigenvalue weighted by molar-refractivity contribution is -0.149. The van der Waals surface area contributed by atoms with Crippen LogP contribution in [0.2, 0.25) is 0 Å². The molecule has 0 aromatic heterocycles. The van der Waals surface area contributed by atoms with Crippen molar-refractivity contribution in [1.29, 1.82) is 0 Å². The Morgan fingerprint density at radius 2 is 2.15 bits per heavy atom. The molecule has 2 atom stereocenters. The number of carbonyl (C=O) groups excluding carboxylic acids is 3. The highest BCUT2D eigenvalue weighted by atomic mass is 16.5. The number of amides is 4. The molecule has 0 aliphatic carbocycles. The first-order valence-corrected chi connectivity index (χ1v) is 6.20. The molecule has 2 aliphatic rings. The number of ether oxygens (including phenoxy) is 1. The Balaban J connectivity index is 1.72. The van der Waals surface area contributed by atoms with Crippen LogP contribution >= 0.6 is 0 Å². The van der Waals surface area contributed by atoms with Gasteiger partial charge < -0.3 is 20.5 Å². The molecule has 3 N–H and O–H groups in total. The van der Waals surface area contributed by atoms with Crippen LogP contribution in [0.25, 0.3) is 0 Å². The topological polar surface area (TPSA) is 125 Å². The number of nitrogens with one attached hydrogen (secondary N) is 2. The summed E-state index contributed by atoms with van der Waals surface area (Å²) in [5.41, 5.74) is 0. The molecule has 2 fully saturated rings. The zero-order chi connectivity index (χ0) is 14.7. The molecule has 0 bridgehead atoms. The molecule has 2 aliphatic heterocycles. The van der Waals surface area contributed by atoms with Crippen molar-refractivity contribution in [3.8, 4) is 0 Å². The van der Waals surface area contributed by atoms with E-state index in [2.05, 4.69) is 10.6 Å². The Kier molecular flexibility index (Phi) is 4.18. The van der Waals surface area contributed by atoms with Gasteiger partial charge in [-0.2, -0.15) is 0 Å². The number of hydrogen-bond acceptors (Lipinski definition) is 5. The molecule has 0 aromatic carbocycles. The summed E-state index contributed by atoms with van der Waals surface area (Å²) in [7, 11) is 0. The molecule has 9 heteroatoms. The lowest BCUT2D eigenvalue weighted by Crippen LogP contribution is -2.43. The summed E-state index contributed by atoms with van der Waals surface area (Å²) >= 11 is 0. The van der Waals surface area contributed by atoms with E-state index in [-0.39, 0.29) is 25.7 Å². The third-order valence-corrected chi connectivity index (χ3v) is 3.15. The smallest absolute Gasteiger partial charge is 0.332 e. The number of aliphatic carboxylic acids is 1. The molecule has 4 amide bonds. The molecule has 2 saturated heterocycles. The van der Waals surface area contributed by atoms with Crippen LogP contribution < -0.4 is 10.6 Å². The van der Waals surface area contributed by atoms with E-state index >= 15 is 0 Å². The Morgan fingerprint density at radius 1 is 1.40 bits per heavy atom. The van der Waals surface area contributed by atoms with Gasteiger partial charge in [-0.3, -0.25) is 14.5 Å². The highest BCUT2D eigenvalue weighted by Gasteiger charge is 2.32. The quantitative estimate of drug-likeness (QED) is 0.516. The number of carboxylic acids is 1. The molecule has 0 radical (unpaired) electrons. The van der Waals surface area contributed by atoms with Crippen molar-refractivity contribution in [2.75, 3.05) is 19.6 Å². The van der Waals surface area contributed by atoms with E-state index in [4.69, 9.17) is 9.84 Å². The molecular weight excluding hydrogens is 270 g/mol. The number of hydrogen-bond donors (Lipinski definition) is 3. The first kappa shape index (κ1) is 14.3. The van der Waals surface area contributed by atoms with Crippen molar-refractivity contribution in [3.05, 3.63) is 0 Å². The maximum Gasteiger partial charge on any atom is 0.332 e. The third kappa shape index (κ3) is 3.23. The van der Waals surface area contributed by atoms with Crippen molar-refractivity contribution < 1.29 is 29.0 Å². The fourth-order valence-electron chi connectivity index (χ4n) is 2.08. The van der Waals surface area contributed by atoms with Crippen LogP contribution in [0.4, 0.5) is 4.79 Å². The molecule has 110 valence electrons. The molecule has 9 nitrogen and oxygen atoms in total. The zero-order valence-electron chi connectivity index (χ0n) is 10.6. The molecular formula is C11H15N3O6. The van der Waals surface area contributed by atoms with Crippen molar-refractivity contribution in [3.63, 3.8) is 0 Å². The van der Waals surface area contributed by atoms with Crippen LogP contribution in [-0.2, 0) is 19.1 Å². The second-order valence-electron chi connectivity index (χ2n) is 4.60. The summed E-state index contributed by atoms with van der Waals surface area (Å²) in [6, 6.07) is -0.590. The predicted molar refractivity (Wildman–Crippen MR) is 63.7 cm³/mol.